The highest BCUT2D eigenvalue weighted by Gasteiger charge is 2.17. The molecular formula is C9H13ClN2O2. The second kappa shape index (κ2) is 5.54. The molecule has 0 radical (unpaired) electrons. The molecule has 0 aliphatic carbocycles. The van der Waals surface area contributed by atoms with Crippen molar-refractivity contribution in [1.82, 2.24) is 4.98 Å². The molecule has 0 atom stereocenters. The maximum Gasteiger partial charge on any atom is 0.309 e. The molecule has 0 N–H and O–H groups in total. The number of aryl methyl sites for hydroxylation is 2. The van der Waals surface area contributed by atoms with Gasteiger partial charge in [-0.25, -0.2) is 4.98 Å². The van der Waals surface area contributed by atoms with Gasteiger partial charge in [0.1, 0.15) is 0 Å². The molecule has 0 aliphatic rings. The molecule has 0 bridgehead atoms. The van der Waals surface area contributed by atoms with Crippen molar-refractivity contribution in [2.45, 2.75) is 27.7 Å². The summed E-state index contributed by atoms with van der Waals surface area (Å²) < 4.78 is 0. The van der Waals surface area contributed by atoms with Crippen molar-refractivity contribution in [2.24, 2.45) is 0 Å². The molecule has 0 spiro atoms. The highest BCUT2D eigenvalue weighted by Crippen LogP contribution is 2.26. The number of pyridine rings is 1. The van der Waals surface area contributed by atoms with E-state index in [1.165, 1.54) is 0 Å². The van der Waals surface area contributed by atoms with E-state index in [0.29, 0.717) is 11.3 Å². The van der Waals surface area contributed by atoms with Crippen LogP contribution in [0, 0.1) is 24.0 Å². The van der Waals surface area contributed by atoms with Gasteiger partial charge in [0.05, 0.1) is 4.92 Å². The fraction of sp³-hybridized carbons (Fsp3) is 0.444. The van der Waals surface area contributed by atoms with Crippen LogP contribution in [0.1, 0.15) is 25.1 Å². The van der Waals surface area contributed by atoms with Crippen LogP contribution in [-0.4, -0.2) is 9.91 Å². The van der Waals surface area contributed by atoms with E-state index in [9.17, 15) is 10.1 Å². The summed E-state index contributed by atoms with van der Waals surface area (Å²) in [5.41, 5.74) is 1.11. The Morgan fingerprint density at radius 1 is 1.43 bits per heavy atom. The minimum absolute atomic E-state index is 0.0440. The zero-order valence-electron chi connectivity index (χ0n) is 8.67. The fourth-order valence-electron chi connectivity index (χ4n) is 1.00. The van der Waals surface area contributed by atoms with Gasteiger partial charge in [-0.3, -0.25) is 10.1 Å². The van der Waals surface area contributed by atoms with Gasteiger partial charge in [-0.1, -0.05) is 25.4 Å². The van der Waals surface area contributed by atoms with Gasteiger partial charge in [-0.05, 0) is 19.9 Å². The van der Waals surface area contributed by atoms with Gasteiger partial charge in [0.15, 0.2) is 0 Å². The summed E-state index contributed by atoms with van der Waals surface area (Å²) in [5, 5.41) is 10.4. The molecule has 1 aromatic heterocycles. The van der Waals surface area contributed by atoms with Crippen LogP contribution >= 0.6 is 11.6 Å². The molecule has 0 saturated carbocycles. The number of hydrogen-bond donors (Lipinski definition) is 0. The molecule has 0 aromatic carbocycles. The summed E-state index contributed by atoms with van der Waals surface area (Å²) in [6, 6.07) is 1.63. The van der Waals surface area contributed by atoms with E-state index in [4.69, 9.17) is 11.6 Å². The molecule has 14 heavy (non-hydrogen) atoms. The molecule has 0 unspecified atom stereocenters. The van der Waals surface area contributed by atoms with Crippen LogP contribution in [0.4, 0.5) is 5.69 Å². The number of halogens is 1. The van der Waals surface area contributed by atoms with Crippen LogP contribution < -0.4 is 0 Å². The predicted octanol–water partition coefficient (Wildman–Crippen LogP) is 3.29. The lowest BCUT2D eigenvalue weighted by Crippen LogP contribution is -1.96. The van der Waals surface area contributed by atoms with Gasteiger partial charge in [0, 0.05) is 11.3 Å². The molecule has 0 aliphatic heterocycles. The monoisotopic (exact) mass is 216 g/mol. The second-order valence-corrected chi connectivity index (χ2v) is 2.84. The summed E-state index contributed by atoms with van der Waals surface area (Å²) in [6.45, 7) is 7.38. The van der Waals surface area contributed by atoms with E-state index in [1.54, 1.807) is 19.9 Å². The predicted molar refractivity (Wildman–Crippen MR) is 56.7 cm³/mol. The Hall–Kier alpha value is -1.16. The standard InChI is InChI=1S/C7H7ClN2O2.C2H6/c1-4-3-5(2)9-7(8)6(4)10(11)12;1-2/h3H,1-2H3;1-2H3. The Balaban J connectivity index is 0.000000791. The first kappa shape index (κ1) is 12.8. The third kappa shape index (κ3) is 2.96. The first-order chi connectivity index (χ1) is 6.52. The molecule has 1 aromatic rings. The van der Waals surface area contributed by atoms with Crippen molar-refractivity contribution >= 4 is 17.3 Å². The van der Waals surface area contributed by atoms with Gasteiger partial charge in [-0.15, -0.1) is 0 Å². The van der Waals surface area contributed by atoms with Crippen LogP contribution in [0.15, 0.2) is 6.07 Å². The minimum Gasteiger partial charge on any atom is -0.258 e. The number of nitro groups is 1. The molecule has 0 saturated heterocycles. The van der Waals surface area contributed by atoms with Crippen LogP contribution in [-0.2, 0) is 0 Å². The van der Waals surface area contributed by atoms with Crippen molar-refractivity contribution in [3.8, 4) is 0 Å². The number of hydrogen-bond acceptors (Lipinski definition) is 3. The Bertz CT molecular complexity index is 317. The average molecular weight is 217 g/mol. The van der Waals surface area contributed by atoms with Crippen molar-refractivity contribution in [3.05, 3.63) is 32.6 Å². The van der Waals surface area contributed by atoms with Gasteiger partial charge < -0.3 is 0 Å². The second-order valence-electron chi connectivity index (χ2n) is 2.48. The summed E-state index contributed by atoms with van der Waals surface area (Å²) in [6.07, 6.45) is 0. The lowest BCUT2D eigenvalue weighted by Gasteiger charge is -1.99. The molecule has 1 heterocycles. The van der Waals surface area contributed by atoms with Crippen molar-refractivity contribution in [3.63, 3.8) is 0 Å². The van der Waals surface area contributed by atoms with E-state index in [2.05, 4.69) is 4.98 Å². The van der Waals surface area contributed by atoms with Crippen molar-refractivity contribution in [1.29, 1.82) is 0 Å². The quantitative estimate of drug-likeness (QED) is 0.411. The van der Waals surface area contributed by atoms with Gasteiger partial charge in [0.25, 0.3) is 0 Å². The highest BCUT2D eigenvalue weighted by atomic mass is 35.5. The van der Waals surface area contributed by atoms with Crippen LogP contribution in [0.3, 0.4) is 0 Å². The van der Waals surface area contributed by atoms with E-state index < -0.39 is 4.92 Å². The summed E-state index contributed by atoms with van der Waals surface area (Å²) >= 11 is 5.58. The van der Waals surface area contributed by atoms with Crippen LogP contribution in [0.2, 0.25) is 5.15 Å². The smallest absolute Gasteiger partial charge is 0.258 e. The lowest BCUT2D eigenvalue weighted by molar-refractivity contribution is -0.385. The first-order valence-electron chi connectivity index (χ1n) is 4.30. The molecule has 0 fully saturated rings. The summed E-state index contributed by atoms with van der Waals surface area (Å²) in [5.74, 6) is 0. The molecule has 5 heteroatoms. The summed E-state index contributed by atoms with van der Waals surface area (Å²) in [7, 11) is 0. The Morgan fingerprint density at radius 2 is 1.93 bits per heavy atom. The van der Waals surface area contributed by atoms with Gasteiger partial charge >= 0.3 is 5.69 Å². The Morgan fingerprint density at radius 3 is 2.29 bits per heavy atom. The number of aromatic nitrogens is 1. The van der Waals surface area contributed by atoms with Crippen molar-refractivity contribution in [2.75, 3.05) is 0 Å². The largest absolute Gasteiger partial charge is 0.309 e. The number of rotatable bonds is 1. The average Bonchev–Trinajstić information content (AvgIpc) is 2.04. The zero-order valence-corrected chi connectivity index (χ0v) is 9.42. The van der Waals surface area contributed by atoms with E-state index in [-0.39, 0.29) is 10.8 Å². The minimum atomic E-state index is -0.524. The van der Waals surface area contributed by atoms with Crippen LogP contribution in [0.25, 0.3) is 0 Å². The van der Waals surface area contributed by atoms with Gasteiger partial charge in [0.2, 0.25) is 5.15 Å². The lowest BCUT2D eigenvalue weighted by atomic mass is 10.2. The van der Waals surface area contributed by atoms with Crippen molar-refractivity contribution < 1.29 is 4.92 Å². The molecular weight excluding hydrogens is 204 g/mol. The zero-order chi connectivity index (χ0) is 11.3. The van der Waals surface area contributed by atoms with E-state index in [0.717, 1.165) is 0 Å². The molecule has 4 nitrogen and oxygen atoms in total. The third-order valence-corrected chi connectivity index (χ3v) is 1.71. The molecule has 1 rings (SSSR count). The first-order valence-corrected chi connectivity index (χ1v) is 4.68. The van der Waals surface area contributed by atoms with Crippen LogP contribution in [0.5, 0.6) is 0 Å². The highest BCUT2D eigenvalue weighted by molar-refractivity contribution is 6.31. The maximum absolute atomic E-state index is 10.4. The number of nitrogens with zero attached hydrogens (tertiary/aromatic N) is 2. The SMILES string of the molecule is CC.Cc1cc(C)c([N+](=O)[O-])c(Cl)n1. The summed E-state index contributed by atoms with van der Waals surface area (Å²) in [4.78, 5) is 13.7. The normalized spacial score (nSPS) is 8.93. The van der Waals surface area contributed by atoms with Gasteiger partial charge in [-0.2, -0.15) is 0 Å². The molecule has 78 valence electrons. The fourth-order valence-corrected chi connectivity index (χ4v) is 1.36. The van der Waals surface area contributed by atoms with E-state index in [1.807, 2.05) is 13.8 Å². The Kier molecular flexibility index (Phi) is 5.09. The Labute approximate surface area is 88.1 Å². The topological polar surface area (TPSA) is 56.0 Å². The van der Waals surface area contributed by atoms with E-state index >= 15 is 0 Å². The maximum atomic E-state index is 10.4. The molecule has 0 amide bonds. The third-order valence-electron chi connectivity index (χ3n) is 1.45.